The Kier molecular flexibility index (Phi) is 4.80. The van der Waals surface area contributed by atoms with Crippen molar-refractivity contribution < 1.29 is 14.3 Å². The smallest absolute Gasteiger partial charge is 0.236 e. The van der Waals surface area contributed by atoms with Crippen molar-refractivity contribution in [2.75, 3.05) is 33.3 Å². The summed E-state index contributed by atoms with van der Waals surface area (Å²) in [5.41, 5.74) is 2.36. The maximum Gasteiger partial charge on any atom is 0.236 e. The number of fused-ring (bicyclic) bond motifs is 2. The molecule has 5 nitrogen and oxygen atoms in total. The van der Waals surface area contributed by atoms with Crippen LogP contribution in [0, 0.1) is 0 Å². The predicted molar refractivity (Wildman–Crippen MR) is 99.4 cm³/mol. The average molecular weight is 352 g/mol. The number of para-hydroxylation sites is 2. The number of hydrogen-bond donors (Lipinski definition) is 0. The van der Waals surface area contributed by atoms with E-state index in [4.69, 9.17) is 9.47 Å². The van der Waals surface area contributed by atoms with E-state index in [-0.39, 0.29) is 12.0 Å². The minimum absolute atomic E-state index is 0.0366. The molecule has 0 saturated heterocycles. The first-order valence-electron chi connectivity index (χ1n) is 9.10. The van der Waals surface area contributed by atoms with Gasteiger partial charge < -0.3 is 14.4 Å². The van der Waals surface area contributed by atoms with Gasteiger partial charge in [-0.25, -0.2) is 0 Å². The molecule has 2 aromatic rings. The Bertz CT molecular complexity index is 767. The predicted octanol–water partition coefficient (Wildman–Crippen LogP) is 2.34. The topological polar surface area (TPSA) is 42.0 Å². The van der Waals surface area contributed by atoms with E-state index in [0.29, 0.717) is 19.7 Å². The van der Waals surface area contributed by atoms with Gasteiger partial charge in [-0.15, -0.1) is 0 Å². The van der Waals surface area contributed by atoms with Crippen molar-refractivity contribution in [3.8, 4) is 11.5 Å². The van der Waals surface area contributed by atoms with Crippen LogP contribution in [0.3, 0.4) is 0 Å². The van der Waals surface area contributed by atoms with Gasteiger partial charge in [0.15, 0.2) is 0 Å². The summed E-state index contributed by atoms with van der Waals surface area (Å²) in [5.74, 6) is 1.98. The number of carbonyl (C=O) groups is 1. The van der Waals surface area contributed by atoms with Gasteiger partial charge in [-0.3, -0.25) is 9.69 Å². The number of nitrogens with zero attached hydrogens (tertiary/aromatic N) is 2. The fraction of sp³-hybridized carbons (Fsp3) is 0.381. The first kappa shape index (κ1) is 16.9. The van der Waals surface area contributed by atoms with E-state index in [1.807, 2.05) is 43.4 Å². The van der Waals surface area contributed by atoms with Crippen LogP contribution in [0.2, 0.25) is 0 Å². The highest BCUT2D eigenvalue weighted by atomic mass is 16.5. The van der Waals surface area contributed by atoms with Crippen LogP contribution in [-0.2, 0) is 17.8 Å². The third-order valence-electron chi connectivity index (χ3n) is 5.01. The fourth-order valence-electron chi connectivity index (χ4n) is 3.59. The summed E-state index contributed by atoms with van der Waals surface area (Å²) in [6, 6.07) is 16.1. The number of likely N-dealkylation sites (N-methyl/N-ethyl adjacent to an activating group) is 1. The first-order chi connectivity index (χ1) is 12.7. The third-order valence-corrected chi connectivity index (χ3v) is 5.01. The van der Waals surface area contributed by atoms with Crippen LogP contribution < -0.4 is 9.47 Å². The standard InChI is InChI=1S/C21H24N2O3/c1-22(14-18-12-16-6-2-5-9-20(16)26-18)21(24)15-23-10-11-25-19-8-4-3-7-17(19)13-23/h2-9,18H,10-15H2,1H3/t18-/m1/s1. The van der Waals surface area contributed by atoms with E-state index in [0.717, 1.165) is 36.6 Å². The van der Waals surface area contributed by atoms with Crippen LogP contribution in [0.1, 0.15) is 11.1 Å². The average Bonchev–Trinajstić information content (AvgIpc) is 2.93. The maximum atomic E-state index is 12.7. The molecule has 0 radical (unpaired) electrons. The van der Waals surface area contributed by atoms with E-state index in [9.17, 15) is 4.79 Å². The van der Waals surface area contributed by atoms with E-state index in [2.05, 4.69) is 17.0 Å². The van der Waals surface area contributed by atoms with Crippen LogP contribution in [0.25, 0.3) is 0 Å². The highest BCUT2D eigenvalue weighted by molar-refractivity contribution is 5.78. The van der Waals surface area contributed by atoms with Crippen LogP contribution in [0.5, 0.6) is 11.5 Å². The lowest BCUT2D eigenvalue weighted by Gasteiger charge is -2.25. The van der Waals surface area contributed by atoms with Crippen LogP contribution >= 0.6 is 0 Å². The van der Waals surface area contributed by atoms with E-state index >= 15 is 0 Å². The zero-order chi connectivity index (χ0) is 17.9. The molecule has 1 atom stereocenters. The molecule has 1 amide bonds. The SMILES string of the molecule is CN(C[C@H]1Cc2ccccc2O1)C(=O)CN1CCOc2ccccc2C1. The highest BCUT2D eigenvalue weighted by Gasteiger charge is 2.26. The van der Waals surface area contributed by atoms with Crippen molar-refractivity contribution >= 4 is 5.91 Å². The van der Waals surface area contributed by atoms with Gasteiger partial charge in [-0.1, -0.05) is 36.4 Å². The Labute approximate surface area is 154 Å². The van der Waals surface area contributed by atoms with Gasteiger partial charge in [0.05, 0.1) is 13.1 Å². The largest absolute Gasteiger partial charge is 0.492 e. The van der Waals surface area contributed by atoms with E-state index in [1.54, 1.807) is 4.90 Å². The number of amides is 1. The number of ether oxygens (including phenoxy) is 2. The first-order valence-corrected chi connectivity index (χ1v) is 9.10. The molecule has 5 heteroatoms. The minimum Gasteiger partial charge on any atom is -0.492 e. The number of rotatable bonds is 4. The molecule has 0 aromatic heterocycles. The van der Waals surface area contributed by atoms with Gasteiger partial charge in [-0.2, -0.15) is 0 Å². The summed E-state index contributed by atoms with van der Waals surface area (Å²) < 4.78 is 11.7. The number of carbonyl (C=O) groups excluding carboxylic acids is 1. The molecule has 0 spiro atoms. The van der Waals surface area contributed by atoms with Crippen molar-refractivity contribution in [1.29, 1.82) is 0 Å². The molecule has 2 aliphatic rings. The molecule has 2 heterocycles. The molecule has 136 valence electrons. The second-order valence-electron chi connectivity index (χ2n) is 6.99. The van der Waals surface area contributed by atoms with E-state index < -0.39 is 0 Å². The quantitative estimate of drug-likeness (QED) is 0.847. The molecule has 2 aliphatic heterocycles. The lowest BCUT2D eigenvalue weighted by Crippen LogP contribution is -2.42. The molecule has 0 bridgehead atoms. The molecule has 0 saturated carbocycles. The van der Waals surface area contributed by atoms with Crippen LogP contribution in [-0.4, -0.2) is 55.1 Å². The Morgan fingerprint density at radius 3 is 2.65 bits per heavy atom. The van der Waals surface area contributed by atoms with Crippen LogP contribution in [0.15, 0.2) is 48.5 Å². The monoisotopic (exact) mass is 352 g/mol. The summed E-state index contributed by atoms with van der Waals surface area (Å²) in [6.07, 6.45) is 0.896. The normalized spacial score (nSPS) is 18.9. The molecule has 2 aromatic carbocycles. The molecule has 0 unspecified atom stereocenters. The molecule has 0 N–H and O–H groups in total. The summed E-state index contributed by atoms with van der Waals surface area (Å²) in [4.78, 5) is 16.6. The minimum atomic E-state index is 0.0366. The Morgan fingerprint density at radius 1 is 1.12 bits per heavy atom. The Hall–Kier alpha value is -2.53. The molecule has 0 fully saturated rings. The van der Waals surface area contributed by atoms with Gasteiger partial charge in [0.25, 0.3) is 0 Å². The molecular formula is C21H24N2O3. The molecule has 4 rings (SSSR count). The molecular weight excluding hydrogens is 328 g/mol. The van der Waals surface area contributed by atoms with Crippen molar-refractivity contribution in [3.63, 3.8) is 0 Å². The third kappa shape index (κ3) is 3.68. The van der Waals surface area contributed by atoms with E-state index in [1.165, 1.54) is 5.56 Å². The van der Waals surface area contributed by atoms with Crippen molar-refractivity contribution in [3.05, 3.63) is 59.7 Å². The molecule has 0 aliphatic carbocycles. The van der Waals surface area contributed by atoms with Gasteiger partial charge in [0.1, 0.15) is 24.2 Å². The van der Waals surface area contributed by atoms with Gasteiger partial charge in [0, 0.05) is 32.1 Å². The van der Waals surface area contributed by atoms with Crippen molar-refractivity contribution in [1.82, 2.24) is 9.80 Å². The van der Waals surface area contributed by atoms with Gasteiger partial charge in [0.2, 0.25) is 5.91 Å². The van der Waals surface area contributed by atoms with Gasteiger partial charge >= 0.3 is 0 Å². The van der Waals surface area contributed by atoms with Crippen molar-refractivity contribution in [2.24, 2.45) is 0 Å². The van der Waals surface area contributed by atoms with Gasteiger partial charge in [-0.05, 0) is 17.7 Å². The summed E-state index contributed by atoms with van der Waals surface area (Å²) in [5, 5.41) is 0. The zero-order valence-electron chi connectivity index (χ0n) is 15.1. The lowest BCUT2D eigenvalue weighted by molar-refractivity contribution is -0.132. The maximum absolute atomic E-state index is 12.7. The number of benzene rings is 2. The summed E-state index contributed by atoms with van der Waals surface area (Å²) in [7, 11) is 1.86. The van der Waals surface area contributed by atoms with Crippen LogP contribution in [0.4, 0.5) is 0 Å². The zero-order valence-corrected chi connectivity index (χ0v) is 15.1. The Morgan fingerprint density at radius 2 is 1.85 bits per heavy atom. The highest BCUT2D eigenvalue weighted by Crippen LogP contribution is 2.28. The fourth-order valence-corrected chi connectivity index (χ4v) is 3.59. The second-order valence-corrected chi connectivity index (χ2v) is 6.99. The second kappa shape index (κ2) is 7.38. The Balaban J connectivity index is 1.32. The van der Waals surface area contributed by atoms with Crippen molar-refractivity contribution in [2.45, 2.75) is 19.1 Å². The molecule has 26 heavy (non-hydrogen) atoms. The number of hydrogen-bond acceptors (Lipinski definition) is 4. The lowest BCUT2D eigenvalue weighted by atomic mass is 10.1. The summed E-state index contributed by atoms with van der Waals surface area (Å²) in [6.45, 7) is 3.10. The summed E-state index contributed by atoms with van der Waals surface area (Å²) >= 11 is 0.